The Kier molecular flexibility index (Phi) is 2.62. The Hall–Kier alpha value is 0.540. The minimum Gasteiger partial charge on any atom is -0.223 e. The molecule has 0 fully saturated rings. The highest BCUT2D eigenvalue weighted by atomic mass is 127. The summed E-state index contributed by atoms with van der Waals surface area (Å²) in [7, 11) is 1.99. The van der Waals surface area contributed by atoms with Crippen molar-refractivity contribution in [2.45, 2.75) is 0 Å². The molecule has 4 heteroatoms. The van der Waals surface area contributed by atoms with E-state index >= 15 is 0 Å². The molecule has 48 valence electrons. The third kappa shape index (κ3) is 2.32. The Labute approximate surface area is 81.0 Å². The summed E-state index contributed by atoms with van der Waals surface area (Å²) < 4.78 is 4.06. The average Bonchev–Trinajstić information content (AvgIpc) is 1.59. The van der Waals surface area contributed by atoms with E-state index in [2.05, 4.69) is 50.2 Å². The number of aryl methyl sites for hydroxylation is 1. The predicted octanol–water partition coefficient (Wildman–Crippen LogP) is 1.12. The lowest BCUT2D eigenvalue weighted by Crippen LogP contribution is -2.28. The Morgan fingerprint density at radius 3 is 2.11 bits per heavy atom. The molecule has 0 saturated heterocycles. The van der Waals surface area contributed by atoms with E-state index in [1.807, 2.05) is 24.0 Å². The molecule has 9 heavy (non-hydrogen) atoms. The Balaban J connectivity index is 3.17. The lowest BCUT2D eigenvalue weighted by Gasteiger charge is -1.88. The van der Waals surface area contributed by atoms with Gasteiger partial charge in [-0.05, 0) is 45.2 Å². The van der Waals surface area contributed by atoms with Crippen LogP contribution in [-0.4, -0.2) is 4.98 Å². The molecule has 0 unspecified atom stereocenters. The number of nitrogens with zero attached hydrogens (tertiary/aromatic N) is 2. The van der Waals surface area contributed by atoms with Crippen LogP contribution in [0, 0.1) is 7.40 Å². The monoisotopic (exact) mass is 347 g/mol. The molecule has 1 aromatic heterocycles. The van der Waals surface area contributed by atoms with Crippen LogP contribution < -0.4 is 4.57 Å². The van der Waals surface area contributed by atoms with Crippen molar-refractivity contribution in [1.29, 1.82) is 0 Å². The molecular formula is C5H5I2N2+. The summed E-state index contributed by atoms with van der Waals surface area (Å²) in [6.07, 6.45) is 3.95. The lowest BCUT2D eigenvalue weighted by molar-refractivity contribution is -0.673. The summed E-state index contributed by atoms with van der Waals surface area (Å²) in [5.74, 6) is 0. The maximum Gasteiger partial charge on any atom is 0.200 e. The first-order chi connectivity index (χ1) is 4.18. The molecule has 1 rings (SSSR count). The van der Waals surface area contributed by atoms with Crippen LogP contribution in [0.15, 0.2) is 12.4 Å². The maximum absolute atomic E-state index is 4.19. The summed E-state index contributed by atoms with van der Waals surface area (Å²) in [5.41, 5.74) is 0. The van der Waals surface area contributed by atoms with Crippen LogP contribution >= 0.6 is 45.2 Å². The second kappa shape index (κ2) is 3.09. The summed E-state index contributed by atoms with van der Waals surface area (Å²) >= 11 is 4.39. The van der Waals surface area contributed by atoms with Crippen LogP contribution in [0.2, 0.25) is 0 Å². The van der Waals surface area contributed by atoms with E-state index in [1.54, 1.807) is 0 Å². The summed E-state index contributed by atoms with van der Waals surface area (Å²) in [5, 5.41) is 0. The minimum absolute atomic E-state index is 1.03. The van der Waals surface area contributed by atoms with Gasteiger partial charge in [-0.1, -0.05) is 0 Å². The molecule has 0 spiro atoms. The first kappa shape index (κ1) is 7.64. The van der Waals surface area contributed by atoms with Gasteiger partial charge in [0.25, 0.3) is 0 Å². The first-order valence-electron chi connectivity index (χ1n) is 2.37. The summed E-state index contributed by atoms with van der Waals surface area (Å²) in [4.78, 5) is 4.19. The van der Waals surface area contributed by atoms with Crippen molar-refractivity contribution in [2.24, 2.45) is 7.05 Å². The molecule has 0 N–H and O–H groups in total. The topological polar surface area (TPSA) is 16.8 Å². The fraction of sp³-hybridized carbons (Fsp3) is 0.200. The van der Waals surface area contributed by atoms with Gasteiger partial charge in [-0.25, -0.2) is 9.55 Å². The highest BCUT2D eigenvalue weighted by Gasteiger charge is 1.98. The highest BCUT2D eigenvalue weighted by molar-refractivity contribution is 14.1. The van der Waals surface area contributed by atoms with Crippen molar-refractivity contribution in [2.75, 3.05) is 0 Å². The first-order valence-corrected chi connectivity index (χ1v) is 4.52. The summed E-state index contributed by atoms with van der Waals surface area (Å²) in [6.45, 7) is 0. The van der Waals surface area contributed by atoms with E-state index in [1.165, 1.54) is 0 Å². The van der Waals surface area contributed by atoms with Crippen LogP contribution in [0.5, 0.6) is 0 Å². The molecule has 1 heterocycles. The van der Waals surface area contributed by atoms with E-state index in [0.717, 1.165) is 7.40 Å². The van der Waals surface area contributed by atoms with Gasteiger partial charge in [0.05, 0.1) is 0 Å². The molecule has 0 aliphatic rings. The van der Waals surface area contributed by atoms with Gasteiger partial charge in [0.1, 0.15) is 7.05 Å². The number of aromatic nitrogens is 2. The van der Waals surface area contributed by atoms with Crippen molar-refractivity contribution in [3.05, 3.63) is 19.8 Å². The molecule has 1 aromatic rings. The van der Waals surface area contributed by atoms with Crippen molar-refractivity contribution in [3.63, 3.8) is 0 Å². The number of halogens is 2. The van der Waals surface area contributed by atoms with E-state index in [9.17, 15) is 0 Å². The van der Waals surface area contributed by atoms with Gasteiger partial charge in [0.15, 0.2) is 7.40 Å². The third-order valence-corrected chi connectivity index (χ3v) is 1.87. The van der Waals surface area contributed by atoms with Gasteiger partial charge < -0.3 is 0 Å². The van der Waals surface area contributed by atoms with Gasteiger partial charge in [-0.2, -0.15) is 0 Å². The van der Waals surface area contributed by atoms with E-state index in [0.29, 0.717) is 0 Å². The number of hydrogen-bond donors (Lipinski definition) is 0. The highest BCUT2D eigenvalue weighted by Crippen LogP contribution is 1.99. The molecule has 0 atom stereocenters. The molecule has 2 nitrogen and oxygen atoms in total. The molecule has 0 radical (unpaired) electrons. The Morgan fingerprint density at radius 2 is 1.78 bits per heavy atom. The fourth-order valence-corrected chi connectivity index (χ4v) is 2.39. The van der Waals surface area contributed by atoms with Crippen molar-refractivity contribution in [3.8, 4) is 0 Å². The quantitative estimate of drug-likeness (QED) is 0.508. The molecule has 0 aliphatic heterocycles. The predicted molar refractivity (Wildman–Crippen MR) is 50.8 cm³/mol. The van der Waals surface area contributed by atoms with E-state index < -0.39 is 0 Å². The molecule has 0 bridgehead atoms. The smallest absolute Gasteiger partial charge is 0.200 e. The number of hydrogen-bond acceptors (Lipinski definition) is 1. The normalized spacial score (nSPS) is 9.67. The second-order valence-electron chi connectivity index (χ2n) is 1.68. The molecule has 0 aliphatic carbocycles. The minimum atomic E-state index is 1.03. The van der Waals surface area contributed by atoms with Gasteiger partial charge in [-0.3, -0.25) is 0 Å². The molecule has 0 amide bonds. The van der Waals surface area contributed by atoms with Gasteiger partial charge in [0, 0.05) is 0 Å². The second-order valence-corrected chi connectivity index (χ2v) is 3.89. The molecule has 0 aromatic carbocycles. The third-order valence-electron chi connectivity index (χ3n) is 0.834. The van der Waals surface area contributed by atoms with Crippen molar-refractivity contribution in [1.82, 2.24) is 4.98 Å². The van der Waals surface area contributed by atoms with Gasteiger partial charge >= 0.3 is 0 Å². The zero-order valence-electron chi connectivity index (χ0n) is 4.81. The fourth-order valence-electron chi connectivity index (χ4n) is 0.533. The zero-order valence-corrected chi connectivity index (χ0v) is 9.12. The standard InChI is InChI=1S/C5H5I2N2/c1-9-2-4(6)8-5(7)3-9/h2-3H,1H3/q+1. The van der Waals surface area contributed by atoms with Crippen LogP contribution in [-0.2, 0) is 7.05 Å². The summed E-state index contributed by atoms with van der Waals surface area (Å²) in [6, 6.07) is 0. The van der Waals surface area contributed by atoms with E-state index in [-0.39, 0.29) is 0 Å². The van der Waals surface area contributed by atoms with Crippen molar-refractivity contribution >= 4 is 45.2 Å². The van der Waals surface area contributed by atoms with Crippen LogP contribution in [0.4, 0.5) is 0 Å². The average molecular weight is 347 g/mol. The van der Waals surface area contributed by atoms with Gasteiger partial charge in [0.2, 0.25) is 12.4 Å². The largest absolute Gasteiger partial charge is 0.223 e. The lowest BCUT2D eigenvalue weighted by atomic mass is 10.7. The molecular weight excluding hydrogens is 342 g/mol. The van der Waals surface area contributed by atoms with Crippen LogP contribution in [0.25, 0.3) is 0 Å². The van der Waals surface area contributed by atoms with Gasteiger partial charge in [-0.15, -0.1) is 0 Å². The Morgan fingerprint density at radius 1 is 1.33 bits per heavy atom. The zero-order chi connectivity index (χ0) is 6.85. The Bertz CT molecular complexity index is 174. The SMILES string of the molecule is C[n+]1cc(I)nc(I)c1. The van der Waals surface area contributed by atoms with Crippen LogP contribution in [0.1, 0.15) is 0 Å². The van der Waals surface area contributed by atoms with Crippen molar-refractivity contribution < 1.29 is 4.57 Å². The molecule has 0 saturated carbocycles. The number of rotatable bonds is 0. The van der Waals surface area contributed by atoms with E-state index in [4.69, 9.17) is 0 Å². The van der Waals surface area contributed by atoms with Crippen LogP contribution in [0.3, 0.4) is 0 Å². The maximum atomic E-state index is 4.19.